The molecule has 0 bridgehead atoms. The van der Waals surface area contributed by atoms with Crippen LogP contribution in [0.1, 0.15) is 31.2 Å². The van der Waals surface area contributed by atoms with Gasteiger partial charge in [-0.1, -0.05) is 45.7 Å². The van der Waals surface area contributed by atoms with Gasteiger partial charge in [0, 0.05) is 26.5 Å². The van der Waals surface area contributed by atoms with E-state index in [9.17, 15) is 19.7 Å². The van der Waals surface area contributed by atoms with E-state index in [1.165, 1.54) is 18.3 Å². The van der Waals surface area contributed by atoms with Gasteiger partial charge >= 0.3 is 5.69 Å². The van der Waals surface area contributed by atoms with Crippen LogP contribution in [-0.4, -0.2) is 33.3 Å². The number of nitrogens with two attached hydrogens (primary N) is 1. The molecule has 3 rings (SSSR count). The van der Waals surface area contributed by atoms with Gasteiger partial charge < -0.3 is 10.5 Å². The normalized spacial score (nSPS) is 11.4. The van der Waals surface area contributed by atoms with Gasteiger partial charge in [-0.05, 0) is 24.3 Å². The number of carbonyl (C=O) groups is 1. The van der Waals surface area contributed by atoms with E-state index in [4.69, 9.17) is 10.5 Å². The third kappa shape index (κ3) is 5.02. The molecule has 1 aromatic heterocycles. The van der Waals surface area contributed by atoms with Gasteiger partial charge in [0.25, 0.3) is 11.5 Å². The minimum absolute atomic E-state index is 0.143. The molecule has 0 saturated heterocycles. The molecule has 2 N–H and O–H groups in total. The first kappa shape index (κ1) is 23.5. The molecule has 32 heavy (non-hydrogen) atoms. The number of nitro groups is 1. The van der Waals surface area contributed by atoms with Gasteiger partial charge in [0.1, 0.15) is 5.82 Å². The number of amides is 1. The maximum Gasteiger partial charge on any atom is 0.312 e. The van der Waals surface area contributed by atoms with E-state index < -0.39 is 23.0 Å². The molecule has 10 nitrogen and oxygen atoms in total. The Morgan fingerprint density at radius 3 is 2.66 bits per heavy atom. The van der Waals surface area contributed by atoms with Crippen molar-refractivity contribution in [2.24, 2.45) is 10.8 Å². The Morgan fingerprint density at radius 1 is 1.31 bits per heavy atom. The molecule has 1 amide bonds. The average Bonchev–Trinajstić information content (AvgIpc) is 2.71. The fourth-order valence-corrected chi connectivity index (χ4v) is 3.73. The molecule has 0 spiro atoms. The van der Waals surface area contributed by atoms with Crippen molar-refractivity contribution < 1.29 is 14.5 Å². The maximum atomic E-state index is 13.1. The summed E-state index contributed by atoms with van der Waals surface area (Å²) in [6.45, 7) is 3.17. The van der Waals surface area contributed by atoms with Crippen LogP contribution in [-0.2, 0) is 4.79 Å². The summed E-state index contributed by atoms with van der Waals surface area (Å²) in [5, 5.41) is 16.1. The van der Waals surface area contributed by atoms with Crippen molar-refractivity contribution in [3.8, 4) is 5.75 Å². The predicted octanol–water partition coefficient (Wildman–Crippen LogP) is 3.70. The van der Waals surface area contributed by atoms with E-state index in [0.29, 0.717) is 25.7 Å². The molecule has 2 aromatic carbocycles. The molecular weight excluding hydrogens is 550 g/mol. The Labute approximate surface area is 198 Å². The minimum atomic E-state index is -0.798. The minimum Gasteiger partial charge on any atom is -0.476 e. The second-order valence-corrected chi connectivity index (χ2v) is 8.83. The van der Waals surface area contributed by atoms with Crippen molar-refractivity contribution in [2.75, 3.05) is 6.61 Å². The molecule has 0 aliphatic rings. The third-order valence-electron chi connectivity index (χ3n) is 4.28. The number of benzene rings is 2. The molecule has 0 aliphatic heterocycles. The van der Waals surface area contributed by atoms with E-state index in [1.807, 2.05) is 13.8 Å². The fourth-order valence-electron chi connectivity index (χ4n) is 2.90. The Bertz CT molecular complexity index is 1320. The molecule has 3 aromatic rings. The molecule has 0 aliphatic carbocycles. The summed E-state index contributed by atoms with van der Waals surface area (Å²) in [5.74, 6) is -0.732. The highest BCUT2D eigenvalue weighted by molar-refractivity contribution is 9.10. The largest absolute Gasteiger partial charge is 0.476 e. The highest BCUT2D eigenvalue weighted by Crippen LogP contribution is 2.34. The summed E-state index contributed by atoms with van der Waals surface area (Å²) in [6.07, 6.45) is 1.24. The quantitative estimate of drug-likeness (QED) is 0.262. The second kappa shape index (κ2) is 9.57. The SMILES string of the molecule is CC(C)c1nc2ccc(Br)cc2c(=O)n1N=Cc1cc(Br)cc([N+](=O)[O-])c1OCC(N)=O. The highest BCUT2D eigenvalue weighted by Gasteiger charge is 2.21. The molecule has 166 valence electrons. The lowest BCUT2D eigenvalue weighted by atomic mass is 10.2. The van der Waals surface area contributed by atoms with Gasteiger partial charge in [-0.2, -0.15) is 9.78 Å². The van der Waals surface area contributed by atoms with Crippen LogP contribution in [0.2, 0.25) is 0 Å². The van der Waals surface area contributed by atoms with E-state index in [-0.39, 0.29) is 22.9 Å². The van der Waals surface area contributed by atoms with E-state index in [1.54, 1.807) is 18.2 Å². The van der Waals surface area contributed by atoms with E-state index >= 15 is 0 Å². The van der Waals surface area contributed by atoms with Crippen LogP contribution in [0.4, 0.5) is 5.69 Å². The van der Waals surface area contributed by atoms with Gasteiger partial charge in [-0.25, -0.2) is 4.98 Å². The molecule has 0 fully saturated rings. The number of carbonyl (C=O) groups excluding carboxylic acids is 1. The first-order valence-electron chi connectivity index (χ1n) is 9.24. The summed E-state index contributed by atoms with van der Waals surface area (Å²) in [6, 6.07) is 7.91. The fraction of sp³-hybridized carbons (Fsp3) is 0.200. The smallest absolute Gasteiger partial charge is 0.312 e. The van der Waals surface area contributed by atoms with Crippen molar-refractivity contribution in [3.63, 3.8) is 0 Å². The van der Waals surface area contributed by atoms with Crippen LogP contribution in [0.5, 0.6) is 5.75 Å². The zero-order valence-corrected chi connectivity index (χ0v) is 20.1. The van der Waals surface area contributed by atoms with Gasteiger partial charge in [0.15, 0.2) is 6.61 Å². The lowest BCUT2D eigenvalue weighted by Gasteiger charge is -2.12. The first-order valence-corrected chi connectivity index (χ1v) is 10.8. The maximum absolute atomic E-state index is 13.1. The van der Waals surface area contributed by atoms with Crippen molar-refractivity contribution in [3.05, 3.63) is 71.1 Å². The number of halogens is 2. The summed E-state index contributed by atoms with van der Waals surface area (Å²) < 4.78 is 7.53. The zero-order valence-electron chi connectivity index (χ0n) is 16.9. The highest BCUT2D eigenvalue weighted by atomic mass is 79.9. The number of primary amides is 1. The lowest BCUT2D eigenvalue weighted by Crippen LogP contribution is -2.23. The summed E-state index contributed by atoms with van der Waals surface area (Å²) in [4.78, 5) is 39.7. The monoisotopic (exact) mass is 565 g/mol. The van der Waals surface area contributed by atoms with Gasteiger partial charge in [0.2, 0.25) is 5.75 Å². The van der Waals surface area contributed by atoms with Crippen LogP contribution in [0.15, 0.2) is 49.2 Å². The van der Waals surface area contributed by atoms with Gasteiger partial charge in [0.05, 0.1) is 22.0 Å². The predicted molar refractivity (Wildman–Crippen MR) is 126 cm³/mol. The van der Waals surface area contributed by atoms with Crippen LogP contribution >= 0.6 is 31.9 Å². The molecule has 1 heterocycles. The summed E-state index contributed by atoms with van der Waals surface area (Å²) in [7, 11) is 0. The number of nitro benzene ring substituents is 1. The van der Waals surface area contributed by atoms with Crippen LogP contribution < -0.4 is 16.0 Å². The first-order chi connectivity index (χ1) is 15.1. The molecular formula is C20H17Br2N5O5. The zero-order chi connectivity index (χ0) is 23.6. The molecule has 0 radical (unpaired) electrons. The lowest BCUT2D eigenvalue weighted by molar-refractivity contribution is -0.385. The Balaban J connectivity index is 2.21. The molecule has 12 heteroatoms. The van der Waals surface area contributed by atoms with Crippen molar-refractivity contribution >= 4 is 60.6 Å². The summed E-state index contributed by atoms with van der Waals surface area (Å²) in [5.41, 5.74) is 5.02. The van der Waals surface area contributed by atoms with Crippen molar-refractivity contribution in [1.29, 1.82) is 0 Å². The van der Waals surface area contributed by atoms with E-state index in [2.05, 4.69) is 41.9 Å². The number of nitrogens with zero attached hydrogens (tertiary/aromatic N) is 4. The molecule has 0 unspecified atom stereocenters. The number of hydrogen-bond donors (Lipinski definition) is 1. The Hall–Kier alpha value is -3.12. The Morgan fingerprint density at radius 2 is 2.03 bits per heavy atom. The van der Waals surface area contributed by atoms with Gasteiger partial charge in [-0.15, -0.1) is 0 Å². The second-order valence-electron chi connectivity index (χ2n) is 7.00. The number of aromatic nitrogens is 2. The van der Waals surface area contributed by atoms with E-state index in [0.717, 1.165) is 4.68 Å². The van der Waals surface area contributed by atoms with Crippen molar-refractivity contribution in [2.45, 2.75) is 19.8 Å². The number of rotatable bonds is 7. The third-order valence-corrected chi connectivity index (χ3v) is 5.23. The molecule has 0 atom stereocenters. The standard InChI is InChI=1S/C20H17Br2N5O5/c1-10(2)19-25-15-4-3-12(21)6-14(15)20(29)26(19)24-8-11-5-13(22)7-16(27(30)31)18(11)32-9-17(23)28/h3-8,10H,9H2,1-2H3,(H2,23,28). The molecule has 0 saturated carbocycles. The van der Waals surface area contributed by atoms with Gasteiger partial charge in [-0.3, -0.25) is 19.7 Å². The van der Waals surface area contributed by atoms with Crippen LogP contribution in [0.25, 0.3) is 10.9 Å². The van der Waals surface area contributed by atoms with Crippen LogP contribution in [0, 0.1) is 10.1 Å². The van der Waals surface area contributed by atoms with Crippen LogP contribution in [0.3, 0.4) is 0 Å². The number of ether oxygens (including phenoxy) is 1. The summed E-state index contributed by atoms with van der Waals surface area (Å²) >= 11 is 6.56. The number of fused-ring (bicyclic) bond motifs is 1. The number of hydrogen-bond acceptors (Lipinski definition) is 7. The average molecular weight is 567 g/mol. The van der Waals surface area contributed by atoms with Crippen molar-refractivity contribution in [1.82, 2.24) is 9.66 Å². The topological polar surface area (TPSA) is 143 Å². The Kier molecular flexibility index (Phi) is 7.04.